The van der Waals surface area contributed by atoms with Gasteiger partial charge < -0.3 is 0 Å². The largest absolute Gasteiger partial charge is 0.281 e. The smallest absolute Gasteiger partial charge is 0.246 e. The van der Waals surface area contributed by atoms with Gasteiger partial charge in [0.2, 0.25) is 10.0 Å². The molecule has 2 heterocycles. The number of aryl methyl sites for hydroxylation is 2. The van der Waals surface area contributed by atoms with E-state index < -0.39 is 10.0 Å². The molecule has 1 saturated heterocycles. The first-order valence-corrected chi connectivity index (χ1v) is 8.98. The van der Waals surface area contributed by atoms with Crippen LogP contribution in [0.4, 0.5) is 0 Å². The molecule has 0 radical (unpaired) electrons. The van der Waals surface area contributed by atoms with Crippen LogP contribution in [0.2, 0.25) is 0 Å². The van der Waals surface area contributed by atoms with Crippen LogP contribution in [0.25, 0.3) is 0 Å². The van der Waals surface area contributed by atoms with E-state index in [4.69, 9.17) is 0 Å². The molecule has 6 heteroatoms. The summed E-state index contributed by atoms with van der Waals surface area (Å²) in [6.07, 6.45) is 1.83. The highest BCUT2D eigenvalue weighted by Gasteiger charge is 2.35. The molecule has 1 aromatic carbocycles. The Labute approximate surface area is 131 Å². The summed E-state index contributed by atoms with van der Waals surface area (Å²) in [6.45, 7) is 4.66. The second kappa shape index (κ2) is 5.85. The molecular weight excluding hydrogens is 298 g/mol. The lowest BCUT2D eigenvalue weighted by molar-refractivity contribution is 0.455. The molecule has 1 N–H and O–H groups in total. The highest BCUT2D eigenvalue weighted by molar-refractivity contribution is 7.89. The fourth-order valence-corrected chi connectivity index (χ4v) is 5.04. The monoisotopic (exact) mass is 319 g/mol. The highest BCUT2D eigenvalue weighted by atomic mass is 32.2. The molecule has 1 unspecified atom stereocenters. The second-order valence-electron chi connectivity index (χ2n) is 5.97. The Hall–Kier alpha value is -1.66. The molecule has 1 aliphatic rings. The van der Waals surface area contributed by atoms with E-state index in [1.165, 1.54) is 5.56 Å². The number of nitrogens with zero attached hydrogens (tertiary/aromatic N) is 2. The van der Waals surface area contributed by atoms with Crippen LogP contribution in [0.3, 0.4) is 0 Å². The third-order valence-corrected chi connectivity index (χ3v) is 6.40. The van der Waals surface area contributed by atoms with Crippen LogP contribution in [0.15, 0.2) is 35.2 Å². The molecule has 1 fully saturated rings. The second-order valence-corrected chi connectivity index (χ2v) is 7.85. The van der Waals surface area contributed by atoms with E-state index in [1.807, 2.05) is 18.2 Å². The Balaban J connectivity index is 1.75. The van der Waals surface area contributed by atoms with Crippen molar-refractivity contribution in [2.75, 3.05) is 13.1 Å². The van der Waals surface area contributed by atoms with Crippen molar-refractivity contribution in [2.45, 2.75) is 31.6 Å². The van der Waals surface area contributed by atoms with Gasteiger partial charge in [-0.15, -0.1) is 0 Å². The Kier molecular flexibility index (Phi) is 4.06. The summed E-state index contributed by atoms with van der Waals surface area (Å²) in [7, 11) is -3.44. The summed E-state index contributed by atoms with van der Waals surface area (Å²) in [4.78, 5) is 0.341. The fraction of sp³-hybridized carbons (Fsp3) is 0.438. The van der Waals surface area contributed by atoms with Gasteiger partial charge in [0.05, 0.1) is 11.4 Å². The summed E-state index contributed by atoms with van der Waals surface area (Å²) in [6, 6.07) is 10.2. The number of aromatic amines is 1. The summed E-state index contributed by atoms with van der Waals surface area (Å²) in [5.41, 5.74) is 2.43. The number of sulfonamides is 1. The van der Waals surface area contributed by atoms with Gasteiger partial charge in [-0.1, -0.05) is 30.3 Å². The fourth-order valence-electron chi connectivity index (χ4n) is 3.18. The SMILES string of the molecule is Cc1n[nH]c(C)c1S(=O)(=O)N1CCC(Cc2ccccc2)C1. The van der Waals surface area contributed by atoms with E-state index in [-0.39, 0.29) is 0 Å². The van der Waals surface area contributed by atoms with Gasteiger partial charge in [0.1, 0.15) is 4.90 Å². The highest BCUT2D eigenvalue weighted by Crippen LogP contribution is 2.28. The van der Waals surface area contributed by atoms with Gasteiger partial charge in [-0.25, -0.2) is 8.42 Å². The molecule has 0 amide bonds. The lowest BCUT2D eigenvalue weighted by Crippen LogP contribution is -2.29. The van der Waals surface area contributed by atoms with E-state index in [0.29, 0.717) is 35.3 Å². The Morgan fingerprint density at radius 2 is 2.00 bits per heavy atom. The third kappa shape index (κ3) is 2.80. The average molecular weight is 319 g/mol. The Bertz CT molecular complexity index is 733. The number of rotatable bonds is 4. The minimum Gasteiger partial charge on any atom is -0.281 e. The molecule has 3 rings (SSSR count). The first-order valence-electron chi connectivity index (χ1n) is 7.54. The summed E-state index contributed by atoms with van der Waals surface area (Å²) >= 11 is 0. The van der Waals surface area contributed by atoms with Crippen LogP contribution in [0.1, 0.15) is 23.4 Å². The van der Waals surface area contributed by atoms with Gasteiger partial charge in [0, 0.05) is 13.1 Å². The molecule has 2 aromatic rings. The molecule has 118 valence electrons. The van der Waals surface area contributed by atoms with Crippen LogP contribution in [0, 0.1) is 19.8 Å². The van der Waals surface area contributed by atoms with E-state index >= 15 is 0 Å². The zero-order valence-corrected chi connectivity index (χ0v) is 13.7. The number of benzene rings is 1. The van der Waals surface area contributed by atoms with E-state index in [1.54, 1.807) is 18.2 Å². The van der Waals surface area contributed by atoms with Crippen molar-refractivity contribution in [1.82, 2.24) is 14.5 Å². The van der Waals surface area contributed by atoms with Gasteiger partial charge in [-0.3, -0.25) is 5.10 Å². The van der Waals surface area contributed by atoms with E-state index in [9.17, 15) is 8.42 Å². The summed E-state index contributed by atoms with van der Waals surface area (Å²) in [5.74, 6) is 0.379. The number of nitrogens with one attached hydrogen (secondary N) is 1. The van der Waals surface area contributed by atoms with E-state index in [0.717, 1.165) is 12.8 Å². The molecular formula is C16H21N3O2S. The maximum atomic E-state index is 12.8. The molecule has 1 aliphatic heterocycles. The average Bonchev–Trinajstić information content (AvgIpc) is 3.08. The lowest BCUT2D eigenvalue weighted by Gasteiger charge is -2.17. The summed E-state index contributed by atoms with van der Waals surface area (Å²) in [5, 5.41) is 6.77. The predicted molar refractivity (Wildman–Crippen MR) is 85.1 cm³/mol. The standard InChI is InChI=1S/C16H21N3O2S/c1-12-16(13(2)18-17-12)22(20,21)19-9-8-15(11-19)10-14-6-4-3-5-7-14/h3-7,15H,8-11H2,1-2H3,(H,17,18). The molecule has 1 atom stereocenters. The molecule has 1 aromatic heterocycles. The van der Waals surface area contributed by atoms with Crippen LogP contribution >= 0.6 is 0 Å². The number of hydrogen-bond donors (Lipinski definition) is 1. The third-order valence-electron chi connectivity index (χ3n) is 4.27. The van der Waals surface area contributed by atoms with Gasteiger partial charge in [-0.05, 0) is 38.2 Å². The van der Waals surface area contributed by atoms with Gasteiger partial charge >= 0.3 is 0 Å². The van der Waals surface area contributed by atoms with Gasteiger partial charge in [-0.2, -0.15) is 9.40 Å². The Morgan fingerprint density at radius 1 is 1.27 bits per heavy atom. The number of aromatic nitrogens is 2. The van der Waals surface area contributed by atoms with Crippen LogP contribution in [0.5, 0.6) is 0 Å². The Morgan fingerprint density at radius 3 is 2.64 bits per heavy atom. The van der Waals surface area contributed by atoms with Crippen molar-refractivity contribution in [3.63, 3.8) is 0 Å². The van der Waals surface area contributed by atoms with Crippen LogP contribution < -0.4 is 0 Å². The van der Waals surface area contributed by atoms with Gasteiger partial charge in [0.25, 0.3) is 0 Å². The van der Waals surface area contributed by atoms with Crippen molar-refractivity contribution < 1.29 is 8.42 Å². The minimum atomic E-state index is -3.44. The molecule has 5 nitrogen and oxygen atoms in total. The maximum absolute atomic E-state index is 12.8. The van der Waals surface area contributed by atoms with Crippen LogP contribution in [-0.4, -0.2) is 36.0 Å². The normalized spacial score (nSPS) is 19.6. The molecule has 0 spiro atoms. The minimum absolute atomic E-state index is 0.341. The number of H-pyrrole nitrogens is 1. The van der Waals surface area contributed by atoms with Crippen molar-refractivity contribution in [1.29, 1.82) is 0 Å². The van der Waals surface area contributed by atoms with E-state index in [2.05, 4.69) is 22.3 Å². The zero-order valence-electron chi connectivity index (χ0n) is 12.9. The molecule has 0 saturated carbocycles. The van der Waals surface area contributed by atoms with Crippen molar-refractivity contribution in [3.05, 3.63) is 47.3 Å². The first kappa shape index (κ1) is 15.2. The van der Waals surface area contributed by atoms with Crippen molar-refractivity contribution in [2.24, 2.45) is 5.92 Å². The van der Waals surface area contributed by atoms with Crippen molar-refractivity contribution >= 4 is 10.0 Å². The quantitative estimate of drug-likeness (QED) is 0.940. The number of hydrogen-bond acceptors (Lipinski definition) is 3. The maximum Gasteiger partial charge on any atom is 0.246 e. The lowest BCUT2D eigenvalue weighted by atomic mass is 9.99. The van der Waals surface area contributed by atoms with Gasteiger partial charge in [0.15, 0.2) is 0 Å². The summed E-state index contributed by atoms with van der Waals surface area (Å²) < 4.78 is 27.2. The first-order chi connectivity index (χ1) is 10.5. The van der Waals surface area contributed by atoms with Crippen LogP contribution in [-0.2, 0) is 16.4 Å². The van der Waals surface area contributed by atoms with Crippen molar-refractivity contribution in [3.8, 4) is 0 Å². The molecule has 0 aliphatic carbocycles. The molecule has 0 bridgehead atoms. The predicted octanol–water partition coefficient (Wildman–Crippen LogP) is 2.28. The topological polar surface area (TPSA) is 66.1 Å². The molecule has 22 heavy (non-hydrogen) atoms. The zero-order chi connectivity index (χ0) is 15.7.